The monoisotopic (exact) mass is 236 g/mol. The Morgan fingerprint density at radius 3 is 2.71 bits per heavy atom. The molecule has 0 fully saturated rings. The second-order valence-electron chi connectivity index (χ2n) is 3.87. The maximum atomic E-state index is 7.49. The SMILES string of the molecule is CCCOCCOc1ccc(C)cc1C(=N)N. The fourth-order valence-corrected chi connectivity index (χ4v) is 1.44. The average molecular weight is 236 g/mol. The Morgan fingerprint density at radius 2 is 2.06 bits per heavy atom. The first kappa shape index (κ1) is 13.5. The molecule has 1 rings (SSSR count). The summed E-state index contributed by atoms with van der Waals surface area (Å²) >= 11 is 0. The molecule has 0 heterocycles. The summed E-state index contributed by atoms with van der Waals surface area (Å²) in [5.41, 5.74) is 7.21. The van der Waals surface area contributed by atoms with Crippen molar-refractivity contribution in [3.63, 3.8) is 0 Å². The van der Waals surface area contributed by atoms with Crippen LogP contribution in [-0.2, 0) is 4.74 Å². The van der Waals surface area contributed by atoms with Crippen molar-refractivity contribution in [1.29, 1.82) is 5.41 Å². The van der Waals surface area contributed by atoms with Gasteiger partial charge in [0.05, 0.1) is 12.2 Å². The van der Waals surface area contributed by atoms with E-state index in [9.17, 15) is 0 Å². The molecule has 0 aliphatic heterocycles. The van der Waals surface area contributed by atoms with Crippen LogP contribution in [0, 0.1) is 12.3 Å². The summed E-state index contributed by atoms with van der Waals surface area (Å²) in [5, 5.41) is 7.49. The quantitative estimate of drug-likeness (QED) is 0.432. The first-order chi connectivity index (χ1) is 8.15. The number of benzene rings is 1. The highest BCUT2D eigenvalue weighted by Gasteiger charge is 2.06. The molecule has 0 amide bonds. The van der Waals surface area contributed by atoms with E-state index in [0.29, 0.717) is 24.5 Å². The Bertz CT molecular complexity index is 378. The van der Waals surface area contributed by atoms with E-state index in [1.807, 2.05) is 25.1 Å². The average Bonchev–Trinajstić information content (AvgIpc) is 2.30. The summed E-state index contributed by atoms with van der Waals surface area (Å²) in [4.78, 5) is 0. The molecule has 0 saturated carbocycles. The molecule has 17 heavy (non-hydrogen) atoms. The molecule has 0 unspecified atom stereocenters. The molecule has 4 nitrogen and oxygen atoms in total. The van der Waals surface area contributed by atoms with Crippen molar-refractivity contribution in [3.8, 4) is 5.75 Å². The zero-order chi connectivity index (χ0) is 12.7. The molecule has 1 aromatic carbocycles. The van der Waals surface area contributed by atoms with E-state index in [1.54, 1.807) is 0 Å². The number of nitrogens with one attached hydrogen (secondary N) is 1. The lowest BCUT2D eigenvalue weighted by atomic mass is 10.1. The standard InChI is InChI=1S/C13H20N2O2/c1-3-6-16-7-8-17-12-5-4-10(2)9-11(12)13(14)15/h4-5,9H,3,6-8H2,1-2H3,(H3,14,15). The first-order valence-electron chi connectivity index (χ1n) is 5.80. The van der Waals surface area contributed by atoms with E-state index < -0.39 is 0 Å². The van der Waals surface area contributed by atoms with Crippen molar-refractivity contribution in [2.45, 2.75) is 20.3 Å². The van der Waals surface area contributed by atoms with Crippen LogP contribution < -0.4 is 10.5 Å². The van der Waals surface area contributed by atoms with Crippen molar-refractivity contribution in [2.24, 2.45) is 5.73 Å². The molecule has 4 heteroatoms. The van der Waals surface area contributed by atoms with Gasteiger partial charge in [-0.2, -0.15) is 0 Å². The third-order valence-electron chi connectivity index (χ3n) is 2.26. The van der Waals surface area contributed by atoms with Gasteiger partial charge in [-0.3, -0.25) is 5.41 Å². The summed E-state index contributed by atoms with van der Waals surface area (Å²) in [5.74, 6) is 0.668. The minimum Gasteiger partial charge on any atom is -0.490 e. The van der Waals surface area contributed by atoms with E-state index in [4.69, 9.17) is 20.6 Å². The molecule has 0 atom stereocenters. The van der Waals surface area contributed by atoms with Crippen LogP contribution >= 0.6 is 0 Å². The molecule has 0 spiro atoms. The molecule has 1 aromatic rings. The predicted molar refractivity (Wildman–Crippen MR) is 68.8 cm³/mol. The van der Waals surface area contributed by atoms with Crippen molar-refractivity contribution >= 4 is 5.84 Å². The van der Waals surface area contributed by atoms with Gasteiger partial charge in [0.1, 0.15) is 18.2 Å². The van der Waals surface area contributed by atoms with E-state index in [0.717, 1.165) is 18.6 Å². The highest BCUT2D eigenvalue weighted by atomic mass is 16.5. The minimum atomic E-state index is 0.0261. The third-order valence-corrected chi connectivity index (χ3v) is 2.26. The Balaban J connectivity index is 2.55. The van der Waals surface area contributed by atoms with E-state index in [2.05, 4.69) is 6.92 Å². The van der Waals surface area contributed by atoms with Crippen LogP contribution in [0.15, 0.2) is 18.2 Å². The topological polar surface area (TPSA) is 68.3 Å². The zero-order valence-corrected chi connectivity index (χ0v) is 10.5. The molecule has 0 aliphatic rings. The van der Waals surface area contributed by atoms with Gasteiger partial charge < -0.3 is 15.2 Å². The van der Waals surface area contributed by atoms with Gasteiger partial charge in [0, 0.05) is 6.61 Å². The van der Waals surface area contributed by atoms with Crippen LogP contribution in [0.2, 0.25) is 0 Å². The van der Waals surface area contributed by atoms with E-state index in [1.165, 1.54) is 0 Å². The van der Waals surface area contributed by atoms with Gasteiger partial charge in [-0.25, -0.2) is 0 Å². The number of nitrogen functional groups attached to an aromatic ring is 1. The van der Waals surface area contributed by atoms with Crippen LogP contribution in [0.1, 0.15) is 24.5 Å². The highest BCUT2D eigenvalue weighted by molar-refractivity contribution is 5.97. The molecule has 0 bridgehead atoms. The molecular formula is C13H20N2O2. The summed E-state index contributed by atoms with van der Waals surface area (Å²) in [6, 6.07) is 5.63. The van der Waals surface area contributed by atoms with Crippen molar-refractivity contribution in [3.05, 3.63) is 29.3 Å². The van der Waals surface area contributed by atoms with Crippen molar-refractivity contribution in [2.75, 3.05) is 19.8 Å². The Labute approximate surface area is 102 Å². The Kier molecular flexibility index (Phi) is 5.49. The maximum absolute atomic E-state index is 7.49. The Morgan fingerprint density at radius 1 is 1.29 bits per heavy atom. The Hall–Kier alpha value is -1.55. The second kappa shape index (κ2) is 6.91. The molecule has 0 saturated heterocycles. The summed E-state index contributed by atoms with van der Waals surface area (Å²) in [6.45, 7) is 5.80. The van der Waals surface area contributed by atoms with Gasteiger partial charge in [-0.1, -0.05) is 18.6 Å². The molecule has 0 aliphatic carbocycles. The number of ether oxygens (including phenoxy) is 2. The van der Waals surface area contributed by atoms with Gasteiger partial charge in [0.25, 0.3) is 0 Å². The minimum absolute atomic E-state index is 0.0261. The number of aryl methyl sites for hydroxylation is 1. The summed E-state index contributed by atoms with van der Waals surface area (Å²) < 4.78 is 10.9. The molecular weight excluding hydrogens is 216 g/mol. The van der Waals surface area contributed by atoms with Crippen molar-refractivity contribution in [1.82, 2.24) is 0 Å². The van der Waals surface area contributed by atoms with Crippen LogP contribution in [0.5, 0.6) is 5.75 Å². The number of hydrogen-bond acceptors (Lipinski definition) is 3. The number of amidine groups is 1. The second-order valence-corrected chi connectivity index (χ2v) is 3.87. The fourth-order valence-electron chi connectivity index (χ4n) is 1.44. The molecule has 0 radical (unpaired) electrons. The van der Waals surface area contributed by atoms with Gasteiger partial charge in [0.15, 0.2) is 0 Å². The summed E-state index contributed by atoms with van der Waals surface area (Å²) in [6.07, 6.45) is 1.00. The van der Waals surface area contributed by atoms with Crippen LogP contribution in [-0.4, -0.2) is 25.7 Å². The van der Waals surface area contributed by atoms with Gasteiger partial charge >= 0.3 is 0 Å². The van der Waals surface area contributed by atoms with E-state index in [-0.39, 0.29) is 5.84 Å². The predicted octanol–water partition coefficient (Wildman–Crippen LogP) is 2.08. The maximum Gasteiger partial charge on any atom is 0.130 e. The normalized spacial score (nSPS) is 10.2. The van der Waals surface area contributed by atoms with E-state index >= 15 is 0 Å². The van der Waals surface area contributed by atoms with Crippen LogP contribution in [0.4, 0.5) is 0 Å². The van der Waals surface area contributed by atoms with Gasteiger partial charge in [0.2, 0.25) is 0 Å². The van der Waals surface area contributed by atoms with Gasteiger partial charge in [-0.15, -0.1) is 0 Å². The largest absolute Gasteiger partial charge is 0.490 e. The number of nitrogens with two attached hydrogens (primary N) is 1. The van der Waals surface area contributed by atoms with Gasteiger partial charge in [-0.05, 0) is 25.5 Å². The van der Waals surface area contributed by atoms with Crippen LogP contribution in [0.25, 0.3) is 0 Å². The summed E-state index contributed by atoms with van der Waals surface area (Å²) in [7, 11) is 0. The number of hydrogen-bond donors (Lipinski definition) is 2. The zero-order valence-electron chi connectivity index (χ0n) is 10.5. The number of rotatable bonds is 7. The fraction of sp³-hybridized carbons (Fsp3) is 0.462. The lowest BCUT2D eigenvalue weighted by Crippen LogP contribution is -2.15. The third kappa shape index (κ3) is 4.44. The molecule has 3 N–H and O–H groups in total. The lowest BCUT2D eigenvalue weighted by Gasteiger charge is -2.11. The van der Waals surface area contributed by atoms with Crippen molar-refractivity contribution < 1.29 is 9.47 Å². The lowest BCUT2D eigenvalue weighted by molar-refractivity contribution is 0.101. The van der Waals surface area contributed by atoms with Crippen LogP contribution in [0.3, 0.4) is 0 Å². The first-order valence-corrected chi connectivity index (χ1v) is 5.80. The highest BCUT2D eigenvalue weighted by Crippen LogP contribution is 2.19. The molecule has 94 valence electrons. The molecule has 0 aromatic heterocycles. The smallest absolute Gasteiger partial charge is 0.130 e.